The number of carbonyl (C=O) groups is 1. The molecule has 32 heavy (non-hydrogen) atoms. The third kappa shape index (κ3) is 5.93. The summed E-state index contributed by atoms with van der Waals surface area (Å²) in [5, 5.41) is 5.32. The van der Waals surface area contributed by atoms with E-state index >= 15 is 0 Å². The van der Waals surface area contributed by atoms with Crippen molar-refractivity contribution in [3.63, 3.8) is 0 Å². The van der Waals surface area contributed by atoms with Crippen LogP contribution in [0.1, 0.15) is 24.6 Å². The van der Waals surface area contributed by atoms with E-state index in [0.29, 0.717) is 6.54 Å². The van der Waals surface area contributed by atoms with Gasteiger partial charge in [0.2, 0.25) is 0 Å². The lowest BCUT2D eigenvalue weighted by molar-refractivity contribution is -0.0000148. The van der Waals surface area contributed by atoms with E-state index in [1.54, 1.807) is 7.11 Å². The van der Waals surface area contributed by atoms with Crippen LogP contribution in [0.25, 0.3) is 10.8 Å². The highest BCUT2D eigenvalue weighted by molar-refractivity contribution is 5.98. The summed E-state index contributed by atoms with van der Waals surface area (Å²) >= 11 is 0. The maximum atomic E-state index is 12.4. The van der Waals surface area contributed by atoms with Crippen LogP contribution in [-0.2, 0) is 0 Å². The lowest BCUT2D eigenvalue weighted by atomic mass is 10.1. The normalized spacial score (nSPS) is 14.1. The Balaban J connectivity index is 0.00000193. The maximum absolute atomic E-state index is 12.4. The van der Waals surface area contributed by atoms with Gasteiger partial charge in [-0.25, -0.2) is 0 Å². The van der Waals surface area contributed by atoms with Gasteiger partial charge in [0.1, 0.15) is 5.75 Å². The van der Waals surface area contributed by atoms with Crippen LogP contribution in [0.15, 0.2) is 66.7 Å². The molecule has 1 N–H and O–H groups in total. The van der Waals surface area contributed by atoms with Gasteiger partial charge in [0.15, 0.2) is 0 Å². The number of nitrogens with one attached hydrogen (secondary N) is 1. The fraction of sp³-hybridized carbons (Fsp3) is 0.346. The predicted octanol–water partition coefficient (Wildman–Crippen LogP) is 1.30. The summed E-state index contributed by atoms with van der Waals surface area (Å²) in [6, 6.07) is 22.2. The van der Waals surface area contributed by atoms with Gasteiger partial charge in [-0.3, -0.25) is 9.69 Å². The number of hydrogen-bond donors (Lipinski definition) is 1. The number of para-hydroxylation sites is 2. The Bertz CT molecular complexity index is 1030. The topological polar surface area (TPSA) is 44.8 Å². The van der Waals surface area contributed by atoms with Gasteiger partial charge < -0.3 is 27.4 Å². The number of fused-ring (bicyclic) bond motifs is 1. The third-order valence-electron chi connectivity index (χ3n) is 6.00. The number of benzene rings is 3. The Hall–Kier alpha value is -2.76. The van der Waals surface area contributed by atoms with E-state index in [2.05, 4.69) is 33.3 Å². The minimum absolute atomic E-state index is 0. The molecule has 3 aromatic carbocycles. The molecule has 1 fully saturated rings. The summed E-state index contributed by atoms with van der Waals surface area (Å²) in [6.45, 7) is 5.93. The van der Waals surface area contributed by atoms with Crippen LogP contribution in [0.2, 0.25) is 0 Å². The molecular formula is C26H32ClN3O2. The molecule has 0 unspecified atom stereocenters. The van der Waals surface area contributed by atoms with E-state index in [1.807, 2.05) is 48.5 Å². The molecule has 0 spiro atoms. The number of anilines is 1. The molecule has 1 heterocycles. The number of piperazine rings is 1. The zero-order valence-electron chi connectivity index (χ0n) is 19.6. The second-order valence-corrected chi connectivity index (χ2v) is 8.03. The molecule has 0 atom stereocenters. The molecule has 5 nitrogen and oxygen atoms in total. The maximum Gasteiger partial charge on any atom is 1.00 e. The average Bonchev–Trinajstić information content (AvgIpc) is 2.83. The summed E-state index contributed by atoms with van der Waals surface area (Å²) in [5.41, 5.74) is 1.91. The SMILES string of the molecule is COc1ccccc1N1CCN(CCCCNC(=O)c2ccc3ccccc3c2)CC1.[Cl-].[H+]. The van der Waals surface area contributed by atoms with E-state index in [9.17, 15) is 4.79 Å². The molecule has 170 valence electrons. The Kier molecular flexibility index (Phi) is 8.77. The molecule has 3 aromatic rings. The molecule has 6 heteroatoms. The number of unbranched alkanes of at least 4 members (excludes halogenated alkanes) is 1. The molecular weight excluding hydrogens is 422 g/mol. The van der Waals surface area contributed by atoms with Crippen LogP contribution in [0.4, 0.5) is 5.69 Å². The summed E-state index contributed by atoms with van der Waals surface area (Å²) in [4.78, 5) is 17.4. The van der Waals surface area contributed by atoms with E-state index in [1.165, 1.54) is 5.69 Å². The smallest absolute Gasteiger partial charge is 1.00 e. The largest absolute Gasteiger partial charge is 1.00 e. The van der Waals surface area contributed by atoms with Crippen molar-refractivity contribution >= 4 is 22.4 Å². The number of methoxy groups -OCH3 is 1. The predicted molar refractivity (Wildman–Crippen MR) is 128 cm³/mol. The summed E-state index contributed by atoms with van der Waals surface area (Å²) in [6.07, 6.45) is 2.08. The van der Waals surface area contributed by atoms with E-state index in [0.717, 1.165) is 67.7 Å². The van der Waals surface area contributed by atoms with Gasteiger partial charge in [-0.05, 0) is 54.4 Å². The van der Waals surface area contributed by atoms with Gasteiger partial charge in [-0.15, -0.1) is 0 Å². The summed E-state index contributed by atoms with van der Waals surface area (Å²) in [5.74, 6) is 0.953. The molecule has 1 aliphatic heterocycles. The number of nitrogens with zero attached hydrogens (tertiary/aromatic N) is 2. The Labute approximate surface area is 198 Å². The monoisotopic (exact) mass is 453 g/mol. The average molecular weight is 454 g/mol. The molecule has 4 rings (SSSR count). The fourth-order valence-electron chi connectivity index (χ4n) is 4.20. The number of rotatable bonds is 8. The Morgan fingerprint density at radius 3 is 2.44 bits per heavy atom. The first-order valence-corrected chi connectivity index (χ1v) is 11.1. The fourth-order valence-corrected chi connectivity index (χ4v) is 4.20. The molecule has 0 aromatic heterocycles. The number of hydrogen-bond acceptors (Lipinski definition) is 4. The first-order chi connectivity index (χ1) is 15.2. The zero-order chi connectivity index (χ0) is 21.5. The van der Waals surface area contributed by atoms with E-state index in [4.69, 9.17) is 4.74 Å². The van der Waals surface area contributed by atoms with Crippen LogP contribution in [0.3, 0.4) is 0 Å². The number of carbonyl (C=O) groups excluding carboxylic acids is 1. The number of ether oxygens (including phenoxy) is 1. The van der Waals surface area contributed by atoms with E-state index < -0.39 is 0 Å². The minimum Gasteiger partial charge on any atom is -1.00 e. The number of amides is 1. The first kappa shape index (κ1) is 23.9. The van der Waals surface area contributed by atoms with Crippen LogP contribution < -0.4 is 27.4 Å². The highest BCUT2D eigenvalue weighted by Crippen LogP contribution is 2.28. The van der Waals surface area contributed by atoms with Crippen molar-refractivity contribution in [1.29, 1.82) is 0 Å². The van der Waals surface area contributed by atoms with Crippen molar-refractivity contribution in [3.05, 3.63) is 72.3 Å². The lowest BCUT2D eigenvalue weighted by Crippen LogP contribution is -3.00. The second-order valence-electron chi connectivity index (χ2n) is 8.03. The Morgan fingerprint density at radius 2 is 1.66 bits per heavy atom. The van der Waals surface area contributed by atoms with Gasteiger partial charge in [0, 0.05) is 38.3 Å². The van der Waals surface area contributed by atoms with Gasteiger partial charge in [-0.2, -0.15) is 0 Å². The van der Waals surface area contributed by atoms with Crippen molar-refractivity contribution in [2.45, 2.75) is 12.8 Å². The van der Waals surface area contributed by atoms with Gasteiger partial charge >= 0.3 is 1.43 Å². The molecule has 1 amide bonds. The van der Waals surface area contributed by atoms with Crippen LogP contribution in [-0.4, -0.2) is 57.2 Å². The minimum atomic E-state index is 0. The molecule has 1 aliphatic rings. The van der Waals surface area contributed by atoms with Crippen molar-refractivity contribution in [1.82, 2.24) is 10.2 Å². The van der Waals surface area contributed by atoms with Crippen LogP contribution >= 0.6 is 0 Å². The van der Waals surface area contributed by atoms with Crippen LogP contribution in [0, 0.1) is 0 Å². The van der Waals surface area contributed by atoms with E-state index in [-0.39, 0.29) is 19.7 Å². The summed E-state index contributed by atoms with van der Waals surface area (Å²) < 4.78 is 5.50. The van der Waals surface area contributed by atoms with Crippen molar-refractivity contribution < 1.29 is 23.4 Å². The molecule has 0 bridgehead atoms. The highest BCUT2D eigenvalue weighted by Gasteiger charge is 2.19. The van der Waals surface area contributed by atoms with Crippen LogP contribution in [0.5, 0.6) is 5.75 Å². The van der Waals surface area contributed by atoms with Gasteiger partial charge in [-0.1, -0.05) is 42.5 Å². The van der Waals surface area contributed by atoms with Gasteiger partial charge in [0.25, 0.3) is 5.91 Å². The van der Waals surface area contributed by atoms with Gasteiger partial charge in [0.05, 0.1) is 12.8 Å². The number of halogens is 1. The quantitative estimate of drug-likeness (QED) is 0.522. The third-order valence-corrected chi connectivity index (χ3v) is 6.00. The summed E-state index contributed by atoms with van der Waals surface area (Å²) in [7, 11) is 1.73. The van der Waals surface area contributed by atoms with Crippen molar-refractivity contribution in [2.75, 3.05) is 51.3 Å². The molecule has 1 saturated heterocycles. The lowest BCUT2D eigenvalue weighted by Gasteiger charge is -2.36. The first-order valence-electron chi connectivity index (χ1n) is 11.1. The molecule has 0 saturated carbocycles. The molecule has 0 aliphatic carbocycles. The second kappa shape index (κ2) is 11.7. The standard InChI is InChI=1S/C26H31N3O2.ClH/c1-31-25-11-5-4-10-24(25)29-18-16-28(17-19-29)15-7-6-14-27-26(30)23-13-12-21-8-2-3-9-22(21)20-23;/h2-5,8-13,20H,6-7,14-19H2,1H3,(H,27,30);1H. The highest BCUT2D eigenvalue weighted by atomic mass is 35.5. The van der Waals surface area contributed by atoms with Crippen molar-refractivity contribution in [3.8, 4) is 5.75 Å². The molecule has 0 radical (unpaired) electrons. The zero-order valence-corrected chi connectivity index (χ0v) is 19.4. The van der Waals surface area contributed by atoms with Crippen molar-refractivity contribution in [2.24, 2.45) is 0 Å². The Morgan fingerprint density at radius 1 is 0.938 bits per heavy atom.